The average Bonchev–Trinajstić information content (AvgIpc) is 3.57. The van der Waals surface area contributed by atoms with Crippen molar-refractivity contribution in [2.24, 2.45) is 5.92 Å². The number of allylic oxidation sites excluding steroid dienone is 2. The van der Waals surface area contributed by atoms with Crippen LogP contribution in [0.25, 0.3) is 34.4 Å². The second-order valence-electron chi connectivity index (χ2n) is 15.7. The Balaban J connectivity index is 1.57. The Kier molecular flexibility index (Phi) is 8.76. The second-order valence-corrected chi connectivity index (χ2v) is 58.2. The maximum atomic E-state index is 8.65. The van der Waals surface area contributed by atoms with Gasteiger partial charge in [0, 0.05) is 0 Å². The van der Waals surface area contributed by atoms with Crippen molar-refractivity contribution in [1.29, 1.82) is 0 Å². The monoisotopic (exact) mass is 741 g/mol. The minimum absolute atomic E-state index is 0.0848. The van der Waals surface area contributed by atoms with Gasteiger partial charge in [0.2, 0.25) is 0 Å². The summed E-state index contributed by atoms with van der Waals surface area (Å²) in [5, 5.41) is 0. The van der Waals surface area contributed by atoms with Gasteiger partial charge in [0.25, 0.3) is 0 Å². The molecule has 0 aromatic heterocycles. The van der Waals surface area contributed by atoms with Gasteiger partial charge in [-0.05, 0) is 0 Å². The molecule has 0 saturated heterocycles. The number of halogens is 2. The molecule has 0 fully saturated rings. The zero-order valence-corrected chi connectivity index (χ0v) is 34.4. The molecule has 2 aliphatic carbocycles. The summed E-state index contributed by atoms with van der Waals surface area (Å²) in [7, 11) is 17.3. The molecule has 0 aliphatic heterocycles. The van der Waals surface area contributed by atoms with Crippen molar-refractivity contribution < 1.29 is 15.6 Å². The molecule has 0 heterocycles. The summed E-state index contributed by atoms with van der Waals surface area (Å²) in [5.41, 5.74) is 17.3. The fourth-order valence-electron chi connectivity index (χ4n) is 8.37. The number of rotatable bonds is 6. The van der Waals surface area contributed by atoms with E-state index < -0.39 is 21.5 Å². The van der Waals surface area contributed by atoms with Gasteiger partial charge < -0.3 is 0 Å². The van der Waals surface area contributed by atoms with Crippen LogP contribution in [-0.2, 0) is 21.0 Å². The third-order valence-electron chi connectivity index (χ3n) is 11.0. The van der Waals surface area contributed by atoms with E-state index in [1.54, 1.807) is 0 Å². The summed E-state index contributed by atoms with van der Waals surface area (Å²) in [4.78, 5) is 0. The third kappa shape index (κ3) is 5.35. The summed E-state index contributed by atoms with van der Waals surface area (Å²) in [5.74, 6) is -1.29. The van der Waals surface area contributed by atoms with Crippen molar-refractivity contribution >= 4 is 35.1 Å². The van der Waals surface area contributed by atoms with Gasteiger partial charge in [-0.1, -0.05) is 0 Å². The van der Waals surface area contributed by atoms with Gasteiger partial charge in [0.15, 0.2) is 0 Å². The van der Waals surface area contributed by atoms with E-state index in [2.05, 4.69) is 159 Å². The van der Waals surface area contributed by atoms with Gasteiger partial charge in [-0.3, -0.25) is 0 Å². The van der Waals surface area contributed by atoms with Crippen molar-refractivity contribution in [3.05, 3.63) is 129 Å². The fraction of sp³-hybridized carbons (Fsp3) is 0.333. The molecule has 239 valence electrons. The van der Waals surface area contributed by atoms with E-state index in [1.165, 1.54) is 72.3 Å². The Hall–Kier alpha value is -1.96. The summed E-state index contributed by atoms with van der Waals surface area (Å²) < 4.78 is 0.172. The molecule has 2 aliphatic rings. The molecule has 0 nitrogen and oxygen atoms in total. The molecule has 4 aromatic carbocycles. The standard InChI is InChI=1S/C22H25.C18H17.C2H7Si.2ClH.Zr/c1-15(2)18-13-17-7-6-8-20(21(17)14-18)16-9-11-19(12-10-16)22(3,4)5;1-12-5-4-6-15(9-12)16-8-7-14(3)17-10-13(2)11-18(16)17;1-3-2;;;/h6-15H,1-5H3;4-11H,1-3H3;3H,1-2H3;2*1H;/q;;;;;+2/p-2. The topological polar surface area (TPSA) is 0 Å². The van der Waals surface area contributed by atoms with E-state index >= 15 is 0 Å². The molecule has 0 saturated carbocycles. The molecule has 46 heavy (non-hydrogen) atoms. The van der Waals surface area contributed by atoms with Crippen molar-refractivity contribution in [2.75, 3.05) is 0 Å². The van der Waals surface area contributed by atoms with Crippen LogP contribution < -0.4 is 0 Å². The Labute approximate surface area is 286 Å². The maximum absolute atomic E-state index is 8.65. The number of hydrogen-bond donors (Lipinski definition) is 0. The zero-order valence-electron chi connectivity index (χ0n) is 29.2. The van der Waals surface area contributed by atoms with Gasteiger partial charge in [-0.15, -0.1) is 0 Å². The van der Waals surface area contributed by atoms with Crippen molar-refractivity contribution in [3.63, 3.8) is 0 Å². The summed E-state index contributed by atoms with van der Waals surface area (Å²) in [6.07, 6.45) is 4.92. The van der Waals surface area contributed by atoms with Gasteiger partial charge in [0.05, 0.1) is 0 Å². The van der Waals surface area contributed by atoms with Crippen molar-refractivity contribution in [3.8, 4) is 22.3 Å². The van der Waals surface area contributed by atoms with E-state index in [0.717, 1.165) is 0 Å². The number of hydrogen-bond acceptors (Lipinski definition) is 0. The van der Waals surface area contributed by atoms with Crippen LogP contribution in [-0.4, -0.2) is 5.92 Å². The van der Waals surface area contributed by atoms with E-state index in [9.17, 15) is 0 Å². The Bertz CT molecular complexity index is 1900. The van der Waals surface area contributed by atoms with Crippen LogP contribution in [0.15, 0.2) is 90.0 Å². The van der Waals surface area contributed by atoms with Crippen molar-refractivity contribution in [2.45, 2.75) is 81.2 Å². The first-order valence-corrected chi connectivity index (χ1v) is 33.3. The number of fused-ring (bicyclic) bond motifs is 2. The van der Waals surface area contributed by atoms with E-state index in [0.29, 0.717) is 5.92 Å². The van der Waals surface area contributed by atoms with Gasteiger partial charge >= 0.3 is 289 Å². The molecule has 0 spiro atoms. The first-order valence-electron chi connectivity index (χ1n) is 16.9. The molecular formula is C42H49Cl2SiZr. The second kappa shape index (κ2) is 11.9. The predicted octanol–water partition coefficient (Wildman–Crippen LogP) is 13.2. The van der Waals surface area contributed by atoms with Crippen LogP contribution in [0.4, 0.5) is 0 Å². The molecule has 6 rings (SSSR count). The van der Waals surface area contributed by atoms with Gasteiger partial charge in [0.1, 0.15) is 0 Å². The summed E-state index contributed by atoms with van der Waals surface area (Å²) in [6, 6.07) is 29.5. The Morgan fingerprint density at radius 2 is 1.37 bits per heavy atom. The van der Waals surface area contributed by atoms with E-state index in [1.807, 2.05) is 0 Å². The molecule has 0 radical (unpaired) electrons. The Morgan fingerprint density at radius 1 is 0.717 bits per heavy atom. The van der Waals surface area contributed by atoms with Crippen LogP contribution >= 0.6 is 17.0 Å². The molecule has 0 N–H and O–H groups in total. The molecule has 4 aromatic rings. The molecule has 2 unspecified atom stereocenters. The van der Waals surface area contributed by atoms with Crippen LogP contribution in [0.5, 0.6) is 0 Å². The molecule has 0 bridgehead atoms. The number of aryl methyl sites for hydroxylation is 2. The van der Waals surface area contributed by atoms with E-state index in [4.69, 9.17) is 17.0 Å². The zero-order chi connectivity index (χ0) is 33.4. The molecule has 2 atom stereocenters. The van der Waals surface area contributed by atoms with Gasteiger partial charge in [-0.25, -0.2) is 0 Å². The quantitative estimate of drug-likeness (QED) is 0.173. The first kappa shape index (κ1) is 33.9. The SMILES string of the molecule is CC1=Cc2c(-c3cccc(C)c3)ccc(C)c2[CH]1[Zr]([Cl])([Cl])([CH]1C(C(C)C)=Cc2c(-c3ccc(C(C)(C)C)cc3)cccc21)[SiH](C)C. The van der Waals surface area contributed by atoms with E-state index in [-0.39, 0.29) is 12.7 Å². The third-order valence-corrected chi connectivity index (χ3v) is 62.9. The summed E-state index contributed by atoms with van der Waals surface area (Å²) in [6.45, 7) is 23.1. The fourth-order valence-corrected chi connectivity index (χ4v) is 40.6. The number of benzene rings is 4. The van der Waals surface area contributed by atoms with Crippen LogP contribution in [0, 0.1) is 19.8 Å². The molecule has 0 amide bonds. The molecular weight excluding hydrogens is 695 g/mol. The minimum atomic E-state index is -4.83. The van der Waals surface area contributed by atoms with Crippen LogP contribution in [0.1, 0.15) is 87.7 Å². The average molecular weight is 744 g/mol. The normalized spacial score (nSPS) is 18.7. The van der Waals surface area contributed by atoms with Gasteiger partial charge in [-0.2, -0.15) is 0 Å². The van der Waals surface area contributed by atoms with Crippen LogP contribution in [0.2, 0.25) is 13.1 Å². The summed E-state index contributed by atoms with van der Waals surface area (Å²) >= 11 is -4.83. The predicted molar refractivity (Wildman–Crippen MR) is 204 cm³/mol. The van der Waals surface area contributed by atoms with Crippen LogP contribution in [0.3, 0.4) is 0 Å². The Morgan fingerprint density at radius 3 is 1.98 bits per heavy atom. The molecule has 4 heteroatoms. The first-order chi connectivity index (χ1) is 21.5. The van der Waals surface area contributed by atoms with Crippen molar-refractivity contribution in [1.82, 2.24) is 0 Å².